The van der Waals surface area contributed by atoms with Gasteiger partial charge in [-0.1, -0.05) is 29.6 Å². The fourth-order valence-corrected chi connectivity index (χ4v) is 3.66. The summed E-state index contributed by atoms with van der Waals surface area (Å²) < 4.78 is 11.3. The van der Waals surface area contributed by atoms with Crippen molar-refractivity contribution < 1.29 is 14.6 Å². The molecule has 0 saturated carbocycles. The molecule has 0 spiro atoms. The molecule has 0 radical (unpaired) electrons. The average Bonchev–Trinajstić information content (AvgIpc) is 3.04. The summed E-state index contributed by atoms with van der Waals surface area (Å²) in [6.45, 7) is 2.74. The summed E-state index contributed by atoms with van der Waals surface area (Å²) in [5, 5.41) is 11.7. The van der Waals surface area contributed by atoms with Gasteiger partial charge in [0.25, 0.3) is 0 Å². The standard InChI is InChI=1S/C16H21Cl2NO3/c17-11-4-5-13(18)12(9-11)15(20)10-19-6-2-1-3-14(19)16-21-7-8-22-16/h4-5,9,14-16,20H,1-3,6-8,10H2. The molecule has 0 bridgehead atoms. The van der Waals surface area contributed by atoms with Gasteiger partial charge in [-0.3, -0.25) is 4.90 Å². The maximum atomic E-state index is 10.6. The first-order chi connectivity index (χ1) is 10.6. The Kier molecular flexibility index (Phi) is 5.60. The Morgan fingerprint density at radius 1 is 1.23 bits per heavy atom. The second kappa shape index (κ2) is 7.47. The summed E-state index contributed by atoms with van der Waals surface area (Å²) in [7, 11) is 0. The van der Waals surface area contributed by atoms with Gasteiger partial charge in [-0.25, -0.2) is 0 Å². The van der Waals surface area contributed by atoms with Crippen LogP contribution in [0.25, 0.3) is 0 Å². The predicted molar refractivity (Wildman–Crippen MR) is 86.3 cm³/mol. The van der Waals surface area contributed by atoms with Crippen molar-refractivity contribution in [2.75, 3.05) is 26.3 Å². The first-order valence-electron chi connectivity index (χ1n) is 7.75. The highest BCUT2D eigenvalue weighted by molar-refractivity contribution is 6.33. The molecule has 22 heavy (non-hydrogen) atoms. The summed E-state index contributed by atoms with van der Waals surface area (Å²) in [6.07, 6.45) is 2.47. The Balaban J connectivity index is 1.70. The normalized spacial score (nSPS) is 25.5. The van der Waals surface area contributed by atoms with Gasteiger partial charge in [-0.15, -0.1) is 0 Å². The van der Waals surface area contributed by atoms with Crippen LogP contribution in [0.1, 0.15) is 30.9 Å². The second-order valence-electron chi connectivity index (χ2n) is 5.85. The molecule has 4 nitrogen and oxygen atoms in total. The van der Waals surface area contributed by atoms with Crippen LogP contribution in [0.5, 0.6) is 0 Å². The largest absolute Gasteiger partial charge is 0.387 e. The van der Waals surface area contributed by atoms with E-state index < -0.39 is 6.10 Å². The summed E-state index contributed by atoms with van der Waals surface area (Å²) >= 11 is 12.2. The summed E-state index contributed by atoms with van der Waals surface area (Å²) in [6, 6.07) is 5.38. The third-order valence-electron chi connectivity index (χ3n) is 4.35. The number of hydrogen-bond donors (Lipinski definition) is 1. The third kappa shape index (κ3) is 3.75. The highest BCUT2D eigenvalue weighted by Gasteiger charge is 2.34. The summed E-state index contributed by atoms with van der Waals surface area (Å²) in [5.41, 5.74) is 0.673. The van der Waals surface area contributed by atoms with E-state index in [2.05, 4.69) is 4.90 Å². The second-order valence-corrected chi connectivity index (χ2v) is 6.69. The van der Waals surface area contributed by atoms with Gasteiger partial charge in [0, 0.05) is 22.2 Å². The molecule has 2 fully saturated rings. The molecule has 1 N–H and O–H groups in total. The Morgan fingerprint density at radius 2 is 2.00 bits per heavy atom. The number of aliphatic hydroxyl groups is 1. The van der Waals surface area contributed by atoms with E-state index in [-0.39, 0.29) is 12.3 Å². The quantitative estimate of drug-likeness (QED) is 0.909. The van der Waals surface area contributed by atoms with Crippen LogP contribution in [0.15, 0.2) is 18.2 Å². The van der Waals surface area contributed by atoms with Crippen molar-refractivity contribution in [3.63, 3.8) is 0 Å². The molecule has 122 valence electrons. The number of hydrogen-bond acceptors (Lipinski definition) is 4. The van der Waals surface area contributed by atoms with Crippen molar-refractivity contribution >= 4 is 23.2 Å². The number of piperidine rings is 1. The molecule has 2 atom stereocenters. The molecule has 2 saturated heterocycles. The molecule has 3 rings (SSSR count). The minimum Gasteiger partial charge on any atom is -0.387 e. The van der Waals surface area contributed by atoms with Gasteiger partial charge in [0.05, 0.1) is 25.4 Å². The van der Waals surface area contributed by atoms with Crippen LogP contribution in [0.4, 0.5) is 0 Å². The predicted octanol–water partition coefficient (Wildman–Crippen LogP) is 3.25. The Morgan fingerprint density at radius 3 is 2.77 bits per heavy atom. The molecule has 0 aromatic heterocycles. The minimum absolute atomic E-state index is 0.178. The number of nitrogens with zero attached hydrogens (tertiary/aromatic N) is 1. The van der Waals surface area contributed by atoms with Gasteiger partial charge in [-0.2, -0.15) is 0 Å². The molecule has 0 aliphatic carbocycles. The van der Waals surface area contributed by atoms with Gasteiger partial charge in [0.1, 0.15) is 0 Å². The first kappa shape index (κ1) is 16.5. The number of aliphatic hydroxyl groups excluding tert-OH is 1. The zero-order valence-corrected chi connectivity index (χ0v) is 13.9. The molecule has 1 aromatic rings. The average molecular weight is 346 g/mol. The lowest BCUT2D eigenvalue weighted by Gasteiger charge is -2.39. The van der Waals surface area contributed by atoms with E-state index in [1.165, 1.54) is 6.42 Å². The molecule has 0 amide bonds. The third-order valence-corrected chi connectivity index (χ3v) is 4.93. The zero-order chi connectivity index (χ0) is 15.5. The lowest BCUT2D eigenvalue weighted by Crippen LogP contribution is -2.48. The van der Waals surface area contributed by atoms with Crippen LogP contribution < -0.4 is 0 Å². The SMILES string of the molecule is OC(CN1CCCCC1C1OCCO1)c1cc(Cl)ccc1Cl. The Hall–Kier alpha value is -0.360. The van der Waals surface area contributed by atoms with Crippen LogP contribution in [0.3, 0.4) is 0 Å². The van der Waals surface area contributed by atoms with Crippen LogP contribution in [-0.4, -0.2) is 48.6 Å². The smallest absolute Gasteiger partial charge is 0.173 e. The maximum absolute atomic E-state index is 10.6. The van der Waals surface area contributed by atoms with Gasteiger partial charge in [-0.05, 0) is 37.6 Å². The molecule has 2 unspecified atom stereocenters. The van der Waals surface area contributed by atoms with Crippen molar-refractivity contribution in [1.82, 2.24) is 4.90 Å². The number of halogens is 2. The van der Waals surface area contributed by atoms with Gasteiger partial charge in [0.2, 0.25) is 0 Å². The van der Waals surface area contributed by atoms with Crippen LogP contribution in [-0.2, 0) is 9.47 Å². The van der Waals surface area contributed by atoms with Gasteiger partial charge in [0.15, 0.2) is 6.29 Å². The summed E-state index contributed by atoms with van der Waals surface area (Å²) in [4.78, 5) is 2.25. The zero-order valence-electron chi connectivity index (χ0n) is 12.4. The molecular weight excluding hydrogens is 325 g/mol. The topological polar surface area (TPSA) is 41.9 Å². The molecule has 2 aliphatic rings. The molecule has 6 heteroatoms. The lowest BCUT2D eigenvalue weighted by molar-refractivity contribution is -0.114. The van der Waals surface area contributed by atoms with Crippen molar-refractivity contribution in [3.05, 3.63) is 33.8 Å². The van der Waals surface area contributed by atoms with Crippen molar-refractivity contribution in [1.29, 1.82) is 0 Å². The highest BCUT2D eigenvalue weighted by atomic mass is 35.5. The molecular formula is C16H21Cl2NO3. The number of ether oxygens (including phenoxy) is 2. The molecule has 2 heterocycles. The van der Waals surface area contributed by atoms with E-state index in [9.17, 15) is 5.11 Å². The van der Waals surface area contributed by atoms with Gasteiger partial charge >= 0.3 is 0 Å². The number of β-amino-alcohol motifs (C(OH)–C–C–N with tert-alkyl or cyclic N) is 1. The maximum Gasteiger partial charge on any atom is 0.173 e. The monoisotopic (exact) mass is 345 g/mol. The van der Waals surface area contributed by atoms with Crippen LogP contribution >= 0.6 is 23.2 Å². The fourth-order valence-electron chi connectivity index (χ4n) is 3.24. The van der Waals surface area contributed by atoms with Crippen molar-refractivity contribution in [3.8, 4) is 0 Å². The van der Waals surface area contributed by atoms with Crippen molar-refractivity contribution in [2.45, 2.75) is 37.7 Å². The number of likely N-dealkylation sites (tertiary alicyclic amines) is 1. The first-order valence-corrected chi connectivity index (χ1v) is 8.51. The Bertz CT molecular complexity index is 508. The fraction of sp³-hybridized carbons (Fsp3) is 0.625. The summed E-state index contributed by atoms with van der Waals surface area (Å²) in [5.74, 6) is 0. The minimum atomic E-state index is -0.673. The Labute approximate surface area is 140 Å². The van der Waals surface area contributed by atoms with E-state index in [1.807, 2.05) is 0 Å². The van der Waals surface area contributed by atoms with E-state index in [0.717, 1.165) is 19.4 Å². The van der Waals surface area contributed by atoms with Crippen molar-refractivity contribution in [2.24, 2.45) is 0 Å². The highest BCUT2D eigenvalue weighted by Crippen LogP contribution is 2.30. The lowest BCUT2D eigenvalue weighted by atomic mass is 9.99. The van der Waals surface area contributed by atoms with Crippen LogP contribution in [0.2, 0.25) is 10.0 Å². The van der Waals surface area contributed by atoms with E-state index in [4.69, 9.17) is 32.7 Å². The van der Waals surface area contributed by atoms with Gasteiger partial charge < -0.3 is 14.6 Å². The number of benzene rings is 1. The van der Waals surface area contributed by atoms with E-state index in [0.29, 0.717) is 35.4 Å². The van der Waals surface area contributed by atoms with E-state index >= 15 is 0 Å². The van der Waals surface area contributed by atoms with E-state index in [1.54, 1.807) is 18.2 Å². The van der Waals surface area contributed by atoms with Crippen LogP contribution in [0, 0.1) is 0 Å². The molecule has 2 aliphatic heterocycles. The molecule has 1 aromatic carbocycles. The number of rotatable bonds is 4.